The minimum atomic E-state index is -0.264. The van der Waals surface area contributed by atoms with Gasteiger partial charge in [-0.15, -0.1) is 5.10 Å². The van der Waals surface area contributed by atoms with E-state index in [1.54, 1.807) is 6.92 Å². The number of rotatable bonds is 3. The van der Waals surface area contributed by atoms with Crippen molar-refractivity contribution in [3.8, 4) is 0 Å². The molecular formula is C14H14N4O. The molecule has 0 spiro atoms. The van der Waals surface area contributed by atoms with E-state index in [1.807, 2.05) is 30.3 Å². The van der Waals surface area contributed by atoms with Gasteiger partial charge >= 0.3 is 6.01 Å². The molecule has 19 heavy (non-hydrogen) atoms. The van der Waals surface area contributed by atoms with Crippen LogP contribution in [-0.4, -0.2) is 10.2 Å². The number of benzene rings is 2. The summed E-state index contributed by atoms with van der Waals surface area (Å²) in [6.07, 6.45) is 0. The molecule has 0 fully saturated rings. The van der Waals surface area contributed by atoms with Crippen molar-refractivity contribution >= 4 is 22.5 Å². The highest BCUT2D eigenvalue weighted by Gasteiger charge is 2.09. The third-order valence-corrected chi connectivity index (χ3v) is 2.83. The van der Waals surface area contributed by atoms with Gasteiger partial charge in [0, 0.05) is 5.69 Å². The third-order valence-electron chi connectivity index (χ3n) is 2.83. The Morgan fingerprint density at radius 3 is 2.63 bits per heavy atom. The normalized spacial score (nSPS) is 12.5. The summed E-state index contributed by atoms with van der Waals surface area (Å²) in [5.74, 6) is 0.420. The first-order valence-electron chi connectivity index (χ1n) is 6.07. The van der Waals surface area contributed by atoms with Crippen LogP contribution in [0.3, 0.4) is 0 Å². The molecule has 0 saturated carbocycles. The minimum absolute atomic E-state index is 0.264. The molecule has 3 N–H and O–H groups in total. The summed E-state index contributed by atoms with van der Waals surface area (Å²) in [6.45, 7) is 1.80. The van der Waals surface area contributed by atoms with Crippen molar-refractivity contribution in [2.45, 2.75) is 13.0 Å². The number of nitrogens with zero attached hydrogens (tertiary/aromatic N) is 2. The molecule has 96 valence electrons. The highest BCUT2D eigenvalue weighted by molar-refractivity contribution is 5.86. The predicted molar refractivity (Wildman–Crippen MR) is 74.1 cm³/mol. The average Bonchev–Trinajstić information content (AvgIpc) is 2.87. The van der Waals surface area contributed by atoms with Crippen molar-refractivity contribution in [3.63, 3.8) is 0 Å². The molecule has 1 unspecified atom stereocenters. The fourth-order valence-electron chi connectivity index (χ4n) is 1.86. The zero-order valence-electron chi connectivity index (χ0n) is 10.5. The van der Waals surface area contributed by atoms with Crippen molar-refractivity contribution in [3.05, 3.63) is 48.4 Å². The van der Waals surface area contributed by atoms with E-state index in [9.17, 15) is 0 Å². The molecule has 5 heteroatoms. The van der Waals surface area contributed by atoms with Crippen LogP contribution in [-0.2, 0) is 0 Å². The topological polar surface area (TPSA) is 77.0 Å². The maximum Gasteiger partial charge on any atom is 0.320 e. The lowest BCUT2D eigenvalue weighted by molar-refractivity contribution is 0.475. The summed E-state index contributed by atoms with van der Waals surface area (Å²) in [7, 11) is 0. The Balaban J connectivity index is 1.87. The maximum absolute atomic E-state index is 5.67. The van der Waals surface area contributed by atoms with E-state index in [4.69, 9.17) is 10.2 Å². The molecule has 2 aromatic carbocycles. The van der Waals surface area contributed by atoms with Gasteiger partial charge in [0.05, 0.1) is 6.04 Å². The second kappa shape index (κ2) is 4.70. The molecule has 1 aromatic heterocycles. The van der Waals surface area contributed by atoms with Crippen molar-refractivity contribution in [2.75, 3.05) is 5.32 Å². The summed E-state index contributed by atoms with van der Waals surface area (Å²) >= 11 is 0. The van der Waals surface area contributed by atoms with E-state index in [1.165, 1.54) is 5.39 Å². The van der Waals surface area contributed by atoms with Gasteiger partial charge in [0.15, 0.2) is 0 Å². The molecule has 1 atom stereocenters. The molecule has 0 aliphatic rings. The first kappa shape index (κ1) is 11.7. The average molecular weight is 254 g/mol. The molecule has 0 bridgehead atoms. The number of aromatic nitrogens is 2. The Labute approximate surface area is 110 Å². The van der Waals surface area contributed by atoms with Crippen molar-refractivity contribution in [1.82, 2.24) is 10.2 Å². The Kier molecular flexibility index (Phi) is 2.89. The third kappa shape index (κ3) is 2.41. The quantitative estimate of drug-likeness (QED) is 0.751. The lowest BCUT2D eigenvalue weighted by Gasteiger charge is -2.03. The Bertz CT molecular complexity index is 705. The van der Waals surface area contributed by atoms with Crippen LogP contribution in [0.1, 0.15) is 18.9 Å². The number of nitrogens with two attached hydrogens (primary N) is 1. The summed E-state index contributed by atoms with van der Waals surface area (Å²) in [5, 5.41) is 13.2. The van der Waals surface area contributed by atoms with Crippen molar-refractivity contribution in [1.29, 1.82) is 0 Å². The molecule has 3 aromatic rings. The van der Waals surface area contributed by atoms with Gasteiger partial charge in [0.1, 0.15) is 0 Å². The maximum atomic E-state index is 5.67. The van der Waals surface area contributed by atoms with Gasteiger partial charge in [0.25, 0.3) is 0 Å². The van der Waals surface area contributed by atoms with E-state index in [0.717, 1.165) is 11.1 Å². The van der Waals surface area contributed by atoms with Crippen LogP contribution in [0.25, 0.3) is 10.8 Å². The van der Waals surface area contributed by atoms with Gasteiger partial charge in [0.2, 0.25) is 5.89 Å². The van der Waals surface area contributed by atoms with E-state index in [-0.39, 0.29) is 6.04 Å². The molecular weight excluding hydrogens is 240 g/mol. The monoisotopic (exact) mass is 254 g/mol. The fourth-order valence-corrected chi connectivity index (χ4v) is 1.86. The number of hydrogen-bond donors (Lipinski definition) is 2. The second-order valence-electron chi connectivity index (χ2n) is 4.42. The first-order valence-corrected chi connectivity index (χ1v) is 6.07. The summed E-state index contributed by atoms with van der Waals surface area (Å²) in [5.41, 5.74) is 6.57. The number of anilines is 2. The summed E-state index contributed by atoms with van der Waals surface area (Å²) < 4.78 is 5.40. The van der Waals surface area contributed by atoms with Gasteiger partial charge in [-0.2, -0.15) is 0 Å². The van der Waals surface area contributed by atoms with Gasteiger partial charge in [-0.1, -0.05) is 35.4 Å². The van der Waals surface area contributed by atoms with Crippen LogP contribution < -0.4 is 11.1 Å². The highest BCUT2D eigenvalue weighted by Crippen LogP contribution is 2.22. The number of hydrogen-bond acceptors (Lipinski definition) is 5. The molecule has 1 heterocycles. The molecule has 0 amide bonds. The molecule has 3 rings (SSSR count). The molecule has 0 saturated heterocycles. The number of nitrogens with one attached hydrogen (secondary N) is 1. The van der Waals surface area contributed by atoms with E-state index in [2.05, 4.69) is 27.6 Å². The zero-order valence-corrected chi connectivity index (χ0v) is 10.5. The SMILES string of the molecule is CC(N)c1nnc(Nc2ccc3ccccc3c2)o1. The van der Waals surface area contributed by atoms with Crippen LogP contribution in [0.15, 0.2) is 46.9 Å². The fraction of sp³-hybridized carbons (Fsp3) is 0.143. The van der Waals surface area contributed by atoms with Crippen LogP contribution in [0.2, 0.25) is 0 Å². The first-order chi connectivity index (χ1) is 9.22. The lowest BCUT2D eigenvalue weighted by Crippen LogP contribution is -2.04. The van der Waals surface area contributed by atoms with Crippen LogP contribution in [0, 0.1) is 0 Å². The second-order valence-corrected chi connectivity index (χ2v) is 4.42. The van der Waals surface area contributed by atoms with E-state index < -0.39 is 0 Å². The summed E-state index contributed by atoms with van der Waals surface area (Å²) in [4.78, 5) is 0. The van der Waals surface area contributed by atoms with Gasteiger partial charge in [-0.25, -0.2) is 0 Å². The van der Waals surface area contributed by atoms with Crippen LogP contribution in [0.5, 0.6) is 0 Å². The van der Waals surface area contributed by atoms with Crippen LogP contribution in [0.4, 0.5) is 11.7 Å². The van der Waals surface area contributed by atoms with E-state index in [0.29, 0.717) is 11.9 Å². The molecule has 0 aliphatic heterocycles. The molecule has 0 aliphatic carbocycles. The molecule has 5 nitrogen and oxygen atoms in total. The summed E-state index contributed by atoms with van der Waals surface area (Å²) in [6, 6.07) is 14.3. The predicted octanol–water partition coefficient (Wildman–Crippen LogP) is 2.99. The van der Waals surface area contributed by atoms with Crippen LogP contribution >= 0.6 is 0 Å². The Morgan fingerprint density at radius 1 is 1.11 bits per heavy atom. The zero-order chi connectivity index (χ0) is 13.2. The van der Waals surface area contributed by atoms with Crippen molar-refractivity contribution in [2.24, 2.45) is 5.73 Å². The highest BCUT2D eigenvalue weighted by atomic mass is 16.4. The molecule has 0 radical (unpaired) electrons. The van der Waals surface area contributed by atoms with Gasteiger partial charge in [-0.3, -0.25) is 0 Å². The lowest BCUT2D eigenvalue weighted by atomic mass is 10.1. The Hall–Kier alpha value is -2.40. The smallest absolute Gasteiger partial charge is 0.320 e. The minimum Gasteiger partial charge on any atom is -0.406 e. The van der Waals surface area contributed by atoms with E-state index >= 15 is 0 Å². The van der Waals surface area contributed by atoms with Gasteiger partial charge in [-0.05, 0) is 29.8 Å². The Morgan fingerprint density at radius 2 is 1.89 bits per heavy atom. The van der Waals surface area contributed by atoms with Crippen molar-refractivity contribution < 1.29 is 4.42 Å². The number of fused-ring (bicyclic) bond motifs is 1. The van der Waals surface area contributed by atoms with Gasteiger partial charge < -0.3 is 15.5 Å². The standard InChI is InChI=1S/C14H14N4O/c1-9(15)13-17-18-14(19-13)16-12-7-6-10-4-2-3-5-11(10)8-12/h2-9H,15H2,1H3,(H,16,18). The largest absolute Gasteiger partial charge is 0.406 e.